The van der Waals surface area contributed by atoms with Gasteiger partial charge in [-0.1, -0.05) is 26.0 Å². The molecular formula is C23H30N2O2. The number of hydrogen-bond acceptors (Lipinski definition) is 3. The smallest absolute Gasteiger partial charge is 0.262 e. The van der Waals surface area contributed by atoms with E-state index in [0.717, 1.165) is 12.2 Å². The van der Waals surface area contributed by atoms with Crippen molar-refractivity contribution in [2.75, 3.05) is 23.4 Å². The third-order valence-corrected chi connectivity index (χ3v) is 5.20. The average molecular weight is 367 g/mol. The van der Waals surface area contributed by atoms with Crippen LogP contribution in [0.4, 0.5) is 11.4 Å². The molecule has 1 N–H and O–H groups in total. The molecule has 0 aliphatic carbocycles. The van der Waals surface area contributed by atoms with Gasteiger partial charge >= 0.3 is 0 Å². The second-order valence-electron chi connectivity index (χ2n) is 7.65. The molecule has 4 nitrogen and oxygen atoms in total. The summed E-state index contributed by atoms with van der Waals surface area (Å²) in [5.41, 5.74) is 3.28. The maximum atomic E-state index is 12.2. The maximum Gasteiger partial charge on any atom is 0.262 e. The number of ether oxygens (including phenoxy) is 1. The molecule has 0 aromatic heterocycles. The number of carbonyl (C=O) groups is 1. The molecule has 0 bridgehead atoms. The van der Waals surface area contributed by atoms with Gasteiger partial charge in [-0.15, -0.1) is 0 Å². The van der Waals surface area contributed by atoms with E-state index in [9.17, 15) is 4.79 Å². The second kappa shape index (κ2) is 8.94. The summed E-state index contributed by atoms with van der Waals surface area (Å²) in [5, 5.41) is 2.90. The highest BCUT2D eigenvalue weighted by atomic mass is 16.5. The lowest BCUT2D eigenvalue weighted by Crippen LogP contribution is -2.37. The predicted octanol–water partition coefficient (Wildman–Crippen LogP) is 5.21. The molecule has 1 aliphatic rings. The fourth-order valence-electron chi connectivity index (χ4n) is 3.51. The molecule has 3 rings (SSSR count). The second-order valence-corrected chi connectivity index (χ2v) is 7.65. The number of piperidine rings is 1. The largest absolute Gasteiger partial charge is 0.484 e. The zero-order chi connectivity index (χ0) is 19.2. The van der Waals surface area contributed by atoms with E-state index in [1.165, 1.54) is 30.5 Å². The van der Waals surface area contributed by atoms with E-state index >= 15 is 0 Å². The standard InChI is InChI=1S/C23H30N2O2/c1-17(2)19-7-13-22(14-8-19)27-16-23(26)24-20-9-11-21(12-10-20)25-15-5-4-6-18(25)3/h7-14,17-18H,4-6,15-16H2,1-3H3,(H,24,26)/t18-/m1/s1. The first kappa shape index (κ1) is 19.3. The van der Waals surface area contributed by atoms with Gasteiger partial charge in [-0.3, -0.25) is 4.79 Å². The molecule has 1 fully saturated rings. The third-order valence-electron chi connectivity index (χ3n) is 5.20. The Balaban J connectivity index is 1.50. The minimum absolute atomic E-state index is 0.00589. The van der Waals surface area contributed by atoms with Crippen molar-refractivity contribution in [2.24, 2.45) is 0 Å². The highest BCUT2D eigenvalue weighted by Gasteiger charge is 2.18. The van der Waals surface area contributed by atoms with Gasteiger partial charge in [0.2, 0.25) is 0 Å². The van der Waals surface area contributed by atoms with Crippen LogP contribution >= 0.6 is 0 Å². The predicted molar refractivity (Wildman–Crippen MR) is 112 cm³/mol. The lowest BCUT2D eigenvalue weighted by atomic mass is 10.0. The van der Waals surface area contributed by atoms with Crippen molar-refractivity contribution in [3.63, 3.8) is 0 Å². The van der Waals surface area contributed by atoms with E-state index in [1.807, 2.05) is 36.4 Å². The van der Waals surface area contributed by atoms with Gasteiger partial charge in [0, 0.05) is 24.0 Å². The highest BCUT2D eigenvalue weighted by Crippen LogP contribution is 2.26. The molecule has 2 aromatic rings. The number of hydrogen-bond donors (Lipinski definition) is 1. The Hall–Kier alpha value is -2.49. The summed E-state index contributed by atoms with van der Waals surface area (Å²) in [5.74, 6) is 1.05. The van der Waals surface area contributed by atoms with Crippen molar-refractivity contribution in [2.45, 2.75) is 52.0 Å². The number of anilines is 2. The van der Waals surface area contributed by atoms with E-state index in [1.54, 1.807) is 0 Å². The summed E-state index contributed by atoms with van der Waals surface area (Å²) < 4.78 is 5.59. The van der Waals surface area contributed by atoms with Gasteiger partial charge in [-0.25, -0.2) is 0 Å². The Morgan fingerprint density at radius 3 is 2.44 bits per heavy atom. The zero-order valence-electron chi connectivity index (χ0n) is 16.6. The molecule has 1 amide bonds. The fourth-order valence-corrected chi connectivity index (χ4v) is 3.51. The van der Waals surface area contributed by atoms with Crippen LogP contribution in [0.5, 0.6) is 5.75 Å². The van der Waals surface area contributed by atoms with Crippen LogP contribution in [0.15, 0.2) is 48.5 Å². The van der Waals surface area contributed by atoms with E-state index in [4.69, 9.17) is 4.74 Å². The molecule has 27 heavy (non-hydrogen) atoms. The van der Waals surface area contributed by atoms with Gasteiger partial charge in [-0.05, 0) is 74.1 Å². The summed E-state index contributed by atoms with van der Waals surface area (Å²) >= 11 is 0. The van der Waals surface area contributed by atoms with Crippen LogP contribution in [-0.2, 0) is 4.79 Å². The molecule has 1 heterocycles. The van der Waals surface area contributed by atoms with Crippen LogP contribution in [-0.4, -0.2) is 25.1 Å². The number of rotatable bonds is 6. The maximum absolute atomic E-state index is 12.2. The first-order valence-corrected chi connectivity index (χ1v) is 9.92. The van der Waals surface area contributed by atoms with Crippen molar-refractivity contribution in [1.82, 2.24) is 0 Å². The van der Waals surface area contributed by atoms with Gasteiger partial charge in [0.25, 0.3) is 5.91 Å². The van der Waals surface area contributed by atoms with Crippen LogP contribution in [0.1, 0.15) is 51.5 Å². The fraction of sp³-hybridized carbons (Fsp3) is 0.435. The molecule has 144 valence electrons. The molecule has 0 unspecified atom stereocenters. The topological polar surface area (TPSA) is 41.6 Å². The lowest BCUT2D eigenvalue weighted by molar-refractivity contribution is -0.118. The number of nitrogens with one attached hydrogen (secondary N) is 1. The van der Waals surface area contributed by atoms with E-state index in [0.29, 0.717) is 17.7 Å². The third kappa shape index (κ3) is 5.25. The van der Waals surface area contributed by atoms with Crippen LogP contribution in [0.3, 0.4) is 0 Å². The molecule has 0 saturated carbocycles. The van der Waals surface area contributed by atoms with Gasteiger partial charge in [0.15, 0.2) is 6.61 Å². The summed E-state index contributed by atoms with van der Waals surface area (Å²) in [6, 6.07) is 16.6. The molecule has 1 aliphatic heterocycles. The number of amides is 1. The number of carbonyl (C=O) groups excluding carboxylic acids is 1. The van der Waals surface area contributed by atoms with Gasteiger partial charge in [0.1, 0.15) is 5.75 Å². The Morgan fingerprint density at radius 1 is 1.11 bits per heavy atom. The minimum atomic E-state index is -0.151. The molecule has 2 aromatic carbocycles. The van der Waals surface area contributed by atoms with E-state index in [-0.39, 0.29) is 12.5 Å². The van der Waals surface area contributed by atoms with Crippen LogP contribution in [0.2, 0.25) is 0 Å². The van der Waals surface area contributed by atoms with E-state index < -0.39 is 0 Å². The van der Waals surface area contributed by atoms with Crippen LogP contribution < -0.4 is 15.0 Å². The van der Waals surface area contributed by atoms with Gasteiger partial charge in [-0.2, -0.15) is 0 Å². The van der Waals surface area contributed by atoms with Crippen molar-refractivity contribution in [3.8, 4) is 5.75 Å². The Kier molecular flexibility index (Phi) is 6.38. The quantitative estimate of drug-likeness (QED) is 0.763. The van der Waals surface area contributed by atoms with E-state index in [2.05, 4.69) is 43.1 Å². The van der Waals surface area contributed by atoms with Gasteiger partial charge in [0.05, 0.1) is 0 Å². The van der Waals surface area contributed by atoms with Crippen molar-refractivity contribution in [1.29, 1.82) is 0 Å². The van der Waals surface area contributed by atoms with Crippen molar-refractivity contribution < 1.29 is 9.53 Å². The normalized spacial score (nSPS) is 17.0. The summed E-state index contributed by atoms with van der Waals surface area (Å²) in [6.07, 6.45) is 3.80. The van der Waals surface area contributed by atoms with Crippen molar-refractivity contribution in [3.05, 3.63) is 54.1 Å². The molecule has 0 radical (unpaired) electrons. The van der Waals surface area contributed by atoms with Crippen molar-refractivity contribution >= 4 is 17.3 Å². The molecule has 1 atom stereocenters. The van der Waals surface area contributed by atoms with Gasteiger partial charge < -0.3 is 15.0 Å². The average Bonchev–Trinajstić information content (AvgIpc) is 2.68. The summed E-state index contributed by atoms with van der Waals surface area (Å²) in [6.45, 7) is 7.70. The Labute approximate surface area is 162 Å². The SMILES string of the molecule is CC(C)c1ccc(OCC(=O)Nc2ccc(N3CCCC[C@H]3C)cc2)cc1. The zero-order valence-corrected chi connectivity index (χ0v) is 16.6. The molecule has 1 saturated heterocycles. The molecule has 0 spiro atoms. The first-order chi connectivity index (χ1) is 13.0. The first-order valence-electron chi connectivity index (χ1n) is 9.92. The Morgan fingerprint density at radius 2 is 1.81 bits per heavy atom. The molecule has 4 heteroatoms. The monoisotopic (exact) mass is 366 g/mol. The lowest BCUT2D eigenvalue weighted by Gasteiger charge is -2.35. The number of nitrogens with zero attached hydrogens (tertiary/aromatic N) is 1. The van der Waals surface area contributed by atoms with Crippen LogP contribution in [0, 0.1) is 0 Å². The minimum Gasteiger partial charge on any atom is -0.484 e. The Bertz CT molecular complexity index is 738. The number of benzene rings is 2. The summed E-state index contributed by atoms with van der Waals surface area (Å²) in [4.78, 5) is 14.6. The summed E-state index contributed by atoms with van der Waals surface area (Å²) in [7, 11) is 0. The highest BCUT2D eigenvalue weighted by molar-refractivity contribution is 5.92. The molecular weight excluding hydrogens is 336 g/mol. The van der Waals surface area contributed by atoms with Crippen LogP contribution in [0.25, 0.3) is 0 Å².